The molecule has 0 saturated carbocycles. The summed E-state index contributed by atoms with van der Waals surface area (Å²) in [6.45, 7) is 8.32. The van der Waals surface area contributed by atoms with Crippen LogP contribution >= 0.6 is 15.9 Å². The Bertz CT molecular complexity index is 1010. The van der Waals surface area contributed by atoms with E-state index in [2.05, 4.69) is 29.4 Å². The second kappa shape index (κ2) is 11.7. The molecule has 0 aromatic heterocycles. The lowest BCUT2D eigenvalue weighted by Gasteiger charge is -2.39. The van der Waals surface area contributed by atoms with Gasteiger partial charge in [0.05, 0.1) is 37.2 Å². The van der Waals surface area contributed by atoms with Gasteiger partial charge in [-0.25, -0.2) is 0 Å². The minimum Gasteiger partial charge on any atom is -0.466 e. The smallest absolute Gasteiger partial charge is 0.312 e. The van der Waals surface area contributed by atoms with Crippen molar-refractivity contribution in [1.29, 1.82) is 0 Å². The molecule has 0 aliphatic carbocycles. The highest BCUT2D eigenvalue weighted by Crippen LogP contribution is 2.60. The van der Waals surface area contributed by atoms with Crippen molar-refractivity contribution in [2.75, 3.05) is 26.3 Å². The summed E-state index contributed by atoms with van der Waals surface area (Å²) < 4.78 is 11.9. The number of fused-ring (bicyclic) bond motifs is 1. The SMILES string of the molecule is C=CCN(CCCC)C(=O)[C@@H]1N([C@@H](CO)Cc2ccccc2)C(=O)[C@H]2[C@H](C(=O)OCC)[C@H]3O[C@@]12CC3Br. The van der Waals surface area contributed by atoms with E-state index >= 15 is 0 Å². The normalized spacial score (nSPS) is 30.8. The number of rotatable bonds is 12. The molecular formula is C28H37BrN2O6. The van der Waals surface area contributed by atoms with Crippen LogP contribution in [-0.2, 0) is 30.3 Å². The van der Waals surface area contributed by atoms with Crippen molar-refractivity contribution in [2.45, 2.75) is 68.1 Å². The Morgan fingerprint density at radius 2 is 2.08 bits per heavy atom. The zero-order chi connectivity index (χ0) is 26.7. The molecule has 2 amide bonds. The van der Waals surface area contributed by atoms with Gasteiger partial charge in [0.1, 0.15) is 11.6 Å². The zero-order valence-electron chi connectivity index (χ0n) is 21.6. The van der Waals surface area contributed by atoms with Crippen molar-refractivity contribution < 1.29 is 29.0 Å². The molecule has 202 valence electrons. The van der Waals surface area contributed by atoms with E-state index in [1.165, 1.54) is 4.90 Å². The Morgan fingerprint density at radius 1 is 1.35 bits per heavy atom. The number of aliphatic hydroxyl groups excluding tert-OH is 1. The minimum absolute atomic E-state index is 0.187. The van der Waals surface area contributed by atoms with E-state index in [0.717, 1.165) is 18.4 Å². The van der Waals surface area contributed by atoms with E-state index in [0.29, 0.717) is 25.9 Å². The van der Waals surface area contributed by atoms with Crippen LogP contribution in [0, 0.1) is 11.8 Å². The quantitative estimate of drug-likeness (QED) is 0.233. The molecule has 3 heterocycles. The molecule has 1 aromatic rings. The Morgan fingerprint density at radius 3 is 2.70 bits per heavy atom. The number of amides is 2. The molecule has 4 rings (SSSR count). The third-order valence-electron chi connectivity index (χ3n) is 7.88. The van der Waals surface area contributed by atoms with E-state index in [4.69, 9.17) is 9.47 Å². The molecule has 37 heavy (non-hydrogen) atoms. The molecule has 3 saturated heterocycles. The van der Waals surface area contributed by atoms with Crippen LogP contribution in [0.1, 0.15) is 38.7 Å². The Hall–Kier alpha value is -2.23. The zero-order valence-corrected chi connectivity index (χ0v) is 23.1. The van der Waals surface area contributed by atoms with Gasteiger partial charge in [0.2, 0.25) is 11.8 Å². The highest BCUT2D eigenvalue weighted by Gasteiger charge is 2.77. The van der Waals surface area contributed by atoms with Crippen LogP contribution in [0.5, 0.6) is 0 Å². The fourth-order valence-electron chi connectivity index (χ4n) is 6.35. The first-order valence-electron chi connectivity index (χ1n) is 13.2. The average molecular weight is 578 g/mol. The number of unbranched alkanes of at least 4 members (excludes halogenated alkanes) is 1. The molecule has 2 bridgehead atoms. The number of esters is 1. The summed E-state index contributed by atoms with van der Waals surface area (Å²) in [4.78, 5) is 44.7. The number of aliphatic hydroxyl groups is 1. The number of hydrogen-bond donors (Lipinski definition) is 1. The molecule has 3 fully saturated rings. The molecule has 8 nitrogen and oxygen atoms in total. The second-order valence-electron chi connectivity index (χ2n) is 10.1. The summed E-state index contributed by atoms with van der Waals surface area (Å²) in [7, 11) is 0. The summed E-state index contributed by atoms with van der Waals surface area (Å²) >= 11 is 3.67. The van der Waals surface area contributed by atoms with Crippen LogP contribution in [0.3, 0.4) is 0 Å². The minimum atomic E-state index is -1.18. The van der Waals surface area contributed by atoms with Gasteiger partial charge in [-0.05, 0) is 31.7 Å². The first-order valence-corrected chi connectivity index (χ1v) is 14.1. The van der Waals surface area contributed by atoms with E-state index in [9.17, 15) is 19.5 Å². The number of alkyl halides is 1. The van der Waals surface area contributed by atoms with Crippen LogP contribution < -0.4 is 0 Å². The lowest BCUT2D eigenvalue weighted by molar-refractivity contribution is -0.156. The summed E-state index contributed by atoms with van der Waals surface area (Å²) in [6, 6.07) is 7.96. The predicted octanol–water partition coefficient (Wildman–Crippen LogP) is 2.72. The van der Waals surface area contributed by atoms with Crippen LogP contribution in [0.25, 0.3) is 0 Å². The number of hydrogen-bond acceptors (Lipinski definition) is 6. The second-order valence-corrected chi connectivity index (χ2v) is 11.3. The third kappa shape index (κ3) is 4.86. The number of benzene rings is 1. The van der Waals surface area contributed by atoms with E-state index in [1.807, 2.05) is 30.3 Å². The summed E-state index contributed by atoms with van der Waals surface area (Å²) in [5.41, 5.74) is -0.241. The predicted molar refractivity (Wildman–Crippen MR) is 142 cm³/mol. The number of carbonyl (C=O) groups excluding carboxylic acids is 3. The molecule has 1 unspecified atom stereocenters. The fourth-order valence-corrected chi connectivity index (χ4v) is 7.30. The lowest BCUT2D eigenvalue weighted by atomic mass is 9.70. The largest absolute Gasteiger partial charge is 0.466 e. The van der Waals surface area contributed by atoms with Crippen molar-refractivity contribution in [3.63, 3.8) is 0 Å². The highest BCUT2D eigenvalue weighted by atomic mass is 79.9. The topological polar surface area (TPSA) is 96.4 Å². The monoisotopic (exact) mass is 576 g/mol. The maximum Gasteiger partial charge on any atom is 0.312 e. The molecule has 9 heteroatoms. The van der Waals surface area contributed by atoms with Crippen LogP contribution in [0.4, 0.5) is 0 Å². The number of likely N-dealkylation sites (tertiary alicyclic amines) is 1. The highest BCUT2D eigenvalue weighted by molar-refractivity contribution is 9.09. The Labute approximate surface area is 227 Å². The molecular weight excluding hydrogens is 540 g/mol. The van der Waals surface area contributed by atoms with E-state index < -0.39 is 41.6 Å². The van der Waals surface area contributed by atoms with Crippen LogP contribution in [0.2, 0.25) is 0 Å². The number of nitrogens with zero attached hydrogens (tertiary/aromatic N) is 2. The van der Waals surface area contributed by atoms with Gasteiger partial charge in [-0.3, -0.25) is 14.4 Å². The number of ether oxygens (including phenoxy) is 2. The van der Waals surface area contributed by atoms with Crippen molar-refractivity contribution in [2.24, 2.45) is 11.8 Å². The van der Waals surface area contributed by atoms with Gasteiger partial charge in [-0.1, -0.05) is 65.7 Å². The van der Waals surface area contributed by atoms with Gasteiger partial charge >= 0.3 is 5.97 Å². The Kier molecular flexibility index (Phi) is 8.76. The lowest BCUT2D eigenvalue weighted by Crippen LogP contribution is -2.59. The molecule has 1 N–H and O–H groups in total. The fraction of sp³-hybridized carbons (Fsp3) is 0.607. The van der Waals surface area contributed by atoms with Gasteiger partial charge in [-0.2, -0.15) is 0 Å². The first kappa shape index (κ1) is 27.8. The maximum absolute atomic E-state index is 14.3. The third-order valence-corrected chi connectivity index (χ3v) is 8.73. The summed E-state index contributed by atoms with van der Waals surface area (Å²) in [6.07, 6.45) is 3.62. The van der Waals surface area contributed by atoms with Crippen LogP contribution in [-0.4, -0.2) is 87.6 Å². The van der Waals surface area contributed by atoms with E-state index in [1.54, 1.807) is 17.9 Å². The maximum atomic E-state index is 14.3. The van der Waals surface area contributed by atoms with Gasteiger partial charge < -0.3 is 24.4 Å². The van der Waals surface area contributed by atoms with Gasteiger partial charge in [0, 0.05) is 17.9 Å². The van der Waals surface area contributed by atoms with Gasteiger partial charge in [-0.15, -0.1) is 6.58 Å². The standard InChI is InChI=1S/C28H37BrN2O6/c1-4-7-14-30(13-5-2)26(34)24-28-16-20(29)23(37-28)21(27(35)36-6-3)22(28)25(33)31(24)19(17-32)15-18-11-9-8-10-12-18/h5,8-12,19-24,32H,2,4,6-7,13-17H2,1,3H3/t19-,20?,21+,22-,23+,24+,28-/m1/s1. The van der Waals surface area contributed by atoms with Crippen molar-refractivity contribution in [3.05, 3.63) is 48.6 Å². The van der Waals surface area contributed by atoms with Gasteiger partial charge in [0.25, 0.3) is 0 Å². The Balaban J connectivity index is 1.79. The molecule has 1 spiro atoms. The number of halogens is 1. The van der Waals surface area contributed by atoms with E-state index in [-0.39, 0.29) is 29.9 Å². The van der Waals surface area contributed by atoms with Crippen LogP contribution in [0.15, 0.2) is 43.0 Å². The van der Waals surface area contributed by atoms with Gasteiger partial charge in [0.15, 0.2) is 0 Å². The first-order chi connectivity index (χ1) is 17.8. The number of carbonyl (C=O) groups is 3. The molecule has 0 radical (unpaired) electrons. The molecule has 3 aliphatic rings. The molecule has 1 aromatic carbocycles. The summed E-state index contributed by atoms with van der Waals surface area (Å²) in [5.74, 6) is -2.71. The average Bonchev–Trinajstić information content (AvgIpc) is 3.49. The van der Waals surface area contributed by atoms with Crippen molar-refractivity contribution in [1.82, 2.24) is 9.80 Å². The molecule has 7 atom stereocenters. The summed E-state index contributed by atoms with van der Waals surface area (Å²) in [5, 5.41) is 10.5. The van der Waals surface area contributed by atoms with Crippen molar-refractivity contribution in [3.8, 4) is 0 Å². The molecule has 3 aliphatic heterocycles. The van der Waals surface area contributed by atoms with Crippen molar-refractivity contribution >= 4 is 33.7 Å².